The van der Waals surface area contributed by atoms with Crippen molar-refractivity contribution < 1.29 is 33.8 Å². The predicted molar refractivity (Wildman–Crippen MR) is 358 cm³/mol. The van der Waals surface area contributed by atoms with Gasteiger partial charge < -0.3 is 30.1 Å². The van der Waals surface area contributed by atoms with E-state index in [1.807, 2.05) is 0 Å². The first-order valence-electron chi connectivity index (χ1n) is 37.5. The molecular formula is C74H143N3O7. The molecule has 0 spiro atoms. The highest BCUT2D eigenvalue weighted by atomic mass is 16.5. The zero-order chi connectivity index (χ0) is 60.9. The summed E-state index contributed by atoms with van der Waals surface area (Å²) in [4.78, 5) is 52.7. The predicted octanol–water partition coefficient (Wildman–Crippen LogP) is 20.5. The van der Waals surface area contributed by atoms with Crippen molar-refractivity contribution in [2.75, 3.05) is 39.4 Å². The number of hydrogen-bond donors (Lipinski definition) is 3. The summed E-state index contributed by atoms with van der Waals surface area (Å²) in [6.07, 6.45) is 64.1. The fraction of sp³-hybridized carbons (Fsp3) is 0.946. The summed E-state index contributed by atoms with van der Waals surface area (Å²) in [7, 11) is 0. The standard InChI is InChI=1S/C74H143N3O7/c1-5-9-13-17-27-39-51-67(49-37-15-11-7-3)65-83-73(81)55-43-31-25-33-45-61-75-71(79)53-41-29-21-19-23-35-47-63-77(69-57-59-70(78)60-58-69)64-48-36-24-20-22-30-42-54-72(80)76-62-46-34-26-32-44-56-74(82)84-66-68(50-38-16-12-8-4)52-40-28-18-14-10-6-2/h67-70,78H,5-66H2,1-4H3,(H,75,79)(H,76,80). The molecule has 3 N–H and O–H groups in total. The molecule has 2 unspecified atom stereocenters. The molecule has 1 rings (SSSR count). The van der Waals surface area contributed by atoms with Crippen LogP contribution in [-0.4, -0.2) is 85.3 Å². The molecule has 10 nitrogen and oxygen atoms in total. The molecule has 0 aromatic carbocycles. The van der Waals surface area contributed by atoms with Gasteiger partial charge in [0.15, 0.2) is 0 Å². The monoisotopic (exact) mass is 1190 g/mol. The van der Waals surface area contributed by atoms with Gasteiger partial charge in [-0.15, -0.1) is 0 Å². The Morgan fingerprint density at radius 3 is 0.976 bits per heavy atom. The lowest BCUT2D eigenvalue weighted by molar-refractivity contribution is -0.146. The van der Waals surface area contributed by atoms with Gasteiger partial charge in [-0.3, -0.25) is 19.2 Å². The Balaban J connectivity index is 2.05. The SMILES string of the molecule is CCCCCCCCC(CCCCCC)COC(=O)CCCCCCCNC(=O)CCCCCCCCCN(CCCCCCCCCC(=O)NCCCCCCCC(=O)OCC(CCCCCC)CCCCCCCC)C1CCC(O)CC1. The van der Waals surface area contributed by atoms with Crippen LogP contribution in [0.1, 0.15) is 387 Å². The van der Waals surface area contributed by atoms with Crippen LogP contribution in [0.25, 0.3) is 0 Å². The summed E-state index contributed by atoms with van der Waals surface area (Å²) in [5.41, 5.74) is 0. The number of carbonyl (C=O) groups excluding carboxylic acids is 4. The Hall–Kier alpha value is -2.20. The van der Waals surface area contributed by atoms with Crippen LogP contribution in [0.3, 0.4) is 0 Å². The molecule has 0 aromatic rings. The average Bonchev–Trinajstić information content (AvgIpc) is 3.54. The second-order valence-electron chi connectivity index (χ2n) is 26.6. The minimum Gasteiger partial charge on any atom is -0.465 e. The number of nitrogens with zero attached hydrogens (tertiary/aromatic N) is 1. The summed E-state index contributed by atoms with van der Waals surface area (Å²) in [6.45, 7) is 14.1. The summed E-state index contributed by atoms with van der Waals surface area (Å²) < 4.78 is 11.6. The lowest BCUT2D eigenvalue weighted by Crippen LogP contribution is -2.40. The van der Waals surface area contributed by atoms with Crippen LogP contribution in [0.4, 0.5) is 0 Å². The molecule has 2 atom stereocenters. The molecule has 0 bridgehead atoms. The van der Waals surface area contributed by atoms with Gasteiger partial charge in [-0.25, -0.2) is 0 Å². The smallest absolute Gasteiger partial charge is 0.305 e. The Morgan fingerprint density at radius 2 is 0.631 bits per heavy atom. The average molecular weight is 1190 g/mol. The molecule has 1 fully saturated rings. The molecule has 0 radical (unpaired) electrons. The number of aliphatic hydroxyl groups is 1. The number of amides is 2. The van der Waals surface area contributed by atoms with Crippen molar-refractivity contribution >= 4 is 23.8 Å². The maximum absolute atomic E-state index is 12.5. The molecule has 1 aliphatic carbocycles. The highest BCUT2D eigenvalue weighted by molar-refractivity contribution is 5.76. The maximum Gasteiger partial charge on any atom is 0.305 e. The maximum atomic E-state index is 12.5. The number of aliphatic hydroxyl groups excluding tert-OH is 1. The van der Waals surface area contributed by atoms with Crippen LogP contribution in [0.2, 0.25) is 0 Å². The van der Waals surface area contributed by atoms with Crippen molar-refractivity contribution in [3.63, 3.8) is 0 Å². The van der Waals surface area contributed by atoms with Gasteiger partial charge >= 0.3 is 11.9 Å². The topological polar surface area (TPSA) is 134 Å². The van der Waals surface area contributed by atoms with E-state index in [0.717, 1.165) is 129 Å². The van der Waals surface area contributed by atoms with Gasteiger partial charge in [0.2, 0.25) is 11.8 Å². The molecule has 1 aliphatic rings. The molecule has 10 heteroatoms. The Labute approximate surface area is 521 Å². The quantitative estimate of drug-likeness (QED) is 0.0405. The third-order valence-corrected chi connectivity index (χ3v) is 18.5. The van der Waals surface area contributed by atoms with Crippen LogP contribution in [-0.2, 0) is 28.7 Å². The van der Waals surface area contributed by atoms with Gasteiger partial charge in [0, 0.05) is 44.8 Å². The molecule has 0 aliphatic heterocycles. The Kier molecular flexibility index (Phi) is 59.3. The van der Waals surface area contributed by atoms with E-state index in [0.29, 0.717) is 56.8 Å². The van der Waals surface area contributed by atoms with E-state index in [-0.39, 0.29) is 29.9 Å². The second-order valence-corrected chi connectivity index (χ2v) is 26.6. The van der Waals surface area contributed by atoms with E-state index in [1.165, 1.54) is 231 Å². The molecule has 496 valence electrons. The van der Waals surface area contributed by atoms with Gasteiger partial charge in [0.1, 0.15) is 0 Å². The highest BCUT2D eigenvalue weighted by Gasteiger charge is 2.24. The highest BCUT2D eigenvalue weighted by Crippen LogP contribution is 2.26. The summed E-state index contributed by atoms with van der Waals surface area (Å²) in [5.74, 6) is 1.39. The normalized spacial score (nSPS) is 15.1. The number of esters is 2. The molecular weight excluding hydrogens is 1040 g/mol. The van der Waals surface area contributed by atoms with E-state index in [1.54, 1.807) is 0 Å². The zero-order valence-corrected chi connectivity index (χ0v) is 56.5. The van der Waals surface area contributed by atoms with Crippen LogP contribution < -0.4 is 10.6 Å². The van der Waals surface area contributed by atoms with Crippen molar-refractivity contribution in [2.45, 2.75) is 399 Å². The summed E-state index contributed by atoms with van der Waals surface area (Å²) in [5, 5.41) is 16.5. The van der Waals surface area contributed by atoms with Gasteiger partial charge in [0.05, 0.1) is 19.3 Å². The van der Waals surface area contributed by atoms with Crippen LogP contribution in [0.5, 0.6) is 0 Å². The van der Waals surface area contributed by atoms with Crippen LogP contribution in [0, 0.1) is 11.8 Å². The summed E-state index contributed by atoms with van der Waals surface area (Å²) >= 11 is 0. The van der Waals surface area contributed by atoms with E-state index in [9.17, 15) is 24.3 Å². The van der Waals surface area contributed by atoms with Crippen LogP contribution >= 0.6 is 0 Å². The number of carbonyl (C=O) groups is 4. The molecule has 1 saturated carbocycles. The molecule has 0 heterocycles. The van der Waals surface area contributed by atoms with Gasteiger partial charge in [0.25, 0.3) is 0 Å². The summed E-state index contributed by atoms with van der Waals surface area (Å²) in [6, 6.07) is 0.620. The molecule has 0 aromatic heterocycles. The number of unbranched alkanes of at least 4 members (excludes halogenated alkanes) is 36. The van der Waals surface area contributed by atoms with E-state index < -0.39 is 0 Å². The number of hydrogen-bond acceptors (Lipinski definition) is 8. The van der Waals surface area contributed by atoms with Crippen molar-refractivity contribution in [3.8, 4) is 0 Å². The molecule has 84 heavy (non-hydrogen) atoms. The van der Waals surface area contributed by atoms with E-state index >= 15 is 0 Å². The first-order chi connectivity index (χ1) is 41.2. The van der Waals surface area contributed by atoms with Crippen molar-refractivity contribution in [3.05, 3.63) is 0 Å². The first-order valence-corrected chi connectivity index (χ1v) is 37.5. The first kappa shape index (κ1) is 79.8. The third-order valence-electron chi connectivity index (χ3n) is 18.5. The van der Waals surface area contributed by atoms with Crippen LogP contribution in [0.15, 0.2) is 0 Å². The largest absolute Gasteiger partial charge is 0.465 e. The number of nitrogens with one attached hydrogen (secondary N) is 2. The molecule has 2 amide bonds. The Bertz CT molecular complexity index is 1350. The lowest BCUT2D eigenvalue weighted by Gasteiger charge is -2.36. The zero-order valence-electron chi connectivity index (χ0n) is 56.5. The van der Waals surface area contributed by atoms with Crippen molar-refractivity contribution in [1.29, 1.82) is 0 Å². The van der Waals surface area contributed by atoms with Crippen molar-refractivity contribution in [1.82, 2.24) is 15.5 Å². The fourth-order valence-electron chi connectivity index (χ4n) is 12.7. The van der Waals surface area contributed by atoms with Crippen molar-refractivity contribution in [2.24, 2.45) is 11.8 Å². The fourth-order valence-corrected chi connectivity index (χ4v) is 12.7. The number of ether oxygens (including phenoxy) is 2. The minimum atomic E-state index is -0.114. The van der Waals surface area contributed by atoms with Gasteiger partial charge in [-0.2, -0.15) is 0 Å². The molecule has 0 saturated heterocycles. The third kappa shape index (κ3) is 54.0. The number of rotatable bonds is 65. The van der Waals surface area contributed by atoms with Gasteiger partial charge in [-0.1, -0.05) is 259 Å². The lowest BCUT2D eigenvalue weighted by atomic mass is 9.91. The van der Waals surface area contributed by atoms with E-state index in [2.05, 4.69) is 43.2 Å². The second kappa shape index (κ2) is 62.4. The van der Waals surface area contributed by atoms with E-state index in [4.69, 9.17) is 9.47 Å². The van der Waals surface area contributed by atoms with Gasteiger partial charge in [-0.05, 0) is 128 Å². The minimum absolute atomic E-state index is 0.0203. The Morgan fingerprint density at radius 1 is 0.357 bits per heavy atom.